The van der Waals surface area contributed by atoms with E-state index < -0.39 is 6.36 Å². The fraction of sp³-hybridized carbons (Fsp3) is 0.250. The topological polar surface area (TPSA) is 53.1 Å². The van der Waals surface area contributed by atoms with Gasteiger partial charge in [-0.15, -0.1) is 13.2 Å². The number of rotatable bonds is 3. The molecule has 108 valence electrons. The van der Waals surface area contributed by atoms with Crippen LogP contribution in [0.2, 0.25) is 5.02 Å². The zero-order valence-corrected chi connectivity index (χ0v) is 11.2. The number of aromatic nitrogens is 2. The molecule has 0 atom stereocenters. The van der Waals surface area contributed by atoms with Gasteiger partial charge >= 0.3 is 6.36 Å². The number of nitrogens with two attached hydrogens (primary N) is 1. The van der Waals surface area contributed by atoms with Gasteiger partial charge in [0.25, 0.3) is 0 Å². The van der Waals surface area contributed by atoms with Crippen LogP contribution in [0, 0.1) is 6.92 Å². The van der Waals surface area contributed by atoms with Crippen molar-refractivity contribution in [3.63, 3.8) is 0 Å². The van der Waals surface area contributed by atoms with E-state index in [4.69, 9.17) is 17.3 Å². The van der Waals surface area contributed by atoms with Gasteiger partial charge in [0, 0.05) is 5.56 Å². The molecule has 1 heterocycles. The molecule has 0 saturated carbocycles. The fourth-order valence-corrected chi connectivity index (χ4v) is 1.85. The summed E-state index contributed by atoms with van der Waals surface area (Å²) in [5.41, 5.74) is 6.55. The first kappa shape index (κ1) is 14.5. The van der Waals surface area contributed by atoms with Crippen LogP contribution in [0.15, 0.2) is 24.3 Å². The number of hydrogen-bond donors (Lipinski definition) is 1. The number of hydrogen-bond acceptors (Lipinski definition) is 3. The highest BCUT2D eigenvalue weighted by Crippen LogP contribution is 2.28. The third-order valence-corrected chi connectivity index (χ3v) is 3.08. The molecule has 8 heteroatoms. The Hall–Kier alpha value is -1.89. The molecule has 0 aliphatic rings. The standard InChI is InChI=1S/C12H11ClF3N3O/c1-7-10(13)11(17)19(18-7)6-8-4-2-3-5-9(8)20-12(14,15)16/h2-5H,6,17H2,1H3. The van der Waals surface area contributed by atoms with Crippen molar-refractivity contribution in [3.05, 3.63) is 40.5 Å². The Morgan fingerprint density at radius 1 is 1.35 bits per heavy atom. The molecule has 0 amide bonds. The van der Waals surface area contributed by atoms with Crippen LogP contribution in [0.3, 0.4) is 0 Å². The summed E-state index contributed by atoms with van der Waals surface area (Å²) in [5.74, 6) is -0.0883. The minimum atomic E-state index is -4.75. The Morgan fingerprint density at radius 2 is 2.00 bits per heavy atom. The van der Waals surface area contributed by atoms with E-state index >= 15 is 0 Å². The third kappa shape index (κ3) is 3.16. The van der Waals surface area contributed by atoms with E-state index in [0.29, 0.717) is 16.3 Å². The van der Waals surface area contributed by atoms with Crippen LogP contribution >= 0.6 is 11.6 Å². The lowest BCUT2D eigenvalue weighted by Crippen LogP contribution is -2.18. The summed E-state index contributed by atoms with van der Waals surface area (Å²) in [6.45, 7) is 1.69. The Kier molecular flexibility index (Phi) is 3.80. The molecule has 2 N–H and O–H groups in total. The predicted octanol–water partition coefficient (Wildman–Crippen LogP) is 3.37. The second kappa shape index (κ2) is 5.24. The molecule has 2 aromatic rings. The summed E-state index contributed by atoms with van der Waals surface area (Å²) in [6.07, 6.45) is -4.75. The van der Waals surface area contributed by atoms with Gasteiger partial charge < -0.3 is 10.5 Å². The van der Waals surface area contributed by atoms with Gasteiger partial charge in [0.1, 0.15) is 16.6 Å². The molecular weight excluding hydrogens is 295 g/mol. The van der Waals surface area contributed by atoms with Crippen LogP contribution in [-0.2, 0) is 6.54 Å². The zero-order chi connectivity index (χ0) is 14.9. The molecular formula is C12H11ClF3N3O. The third-order valence-electron chi connectivity index (χ3n) is 2.61. The van der Waals surface area contributed by atoms with E-state index in [1.807, 2.05) is 0 Å². The van der Waals surface area contributed by atoms with Crippen molar-refractivity contribution in [3.8, 4) is 5.75 Å². The van der Waals surface area contributed by atoms with Crippen molar-refractivity contribution >= 4 is 17.4 Å². The van der Waals surface area contributed by atoms with Gasteiger partial charge in [-0.3, -0.25) is 0 Å². The number of alkyl halides is 3. The van der Waals surface area contributed by atoms with Crippen molar-refractivity contribution < 1.29 is 17.9 Å². The molecule has 0 spiro atoms. The van der Waals surface area contributed by atoms with Gasteiger partial charge in [-0.2, -0.15) is 5.10 Å². The molecule has 0 aliphatic carbocycles. The van der Waals surface area contributed by atoms with E-state index in [1.54, 1.807) is 13.0 Å². The van der Waals surface area contributed by atoms with E-state index in [0.717, 1.165) is 0 Å². The second-order valence-electron chi connectivity index (χ2n) is 4.10. The first-order valence-corrected chi connectivity index (χ1v) is 5.98. The number of ether oxygens (including phenoxy) is 1. The van der Waals surface area contributed by atoms with Crippen LogP contribution in [0.1, 0.15) is 11.3 Å². The van der Waals surface area contributed by atoms with Gasteiger partial charge in [0.15, 0.2) is 0 Å². The van der Waals surface area contributed by atoms with E-state index in [9.17, 15) is 13.2 Å². The van der Waals surface area contributed by atoms with Gasteiger partial charge in [-0.1, -0.05) is 29.8 Å². The summed E-state index contributed by atoms with van der Waals surface area (Å²) in [4.78, 5) is 0. The van der Waals surface area contributed by atoms with Crippen molar-refractivity contribution in [1.82, 2.24) is 9.78 Å². The van der Waals surface area contributed by atoms with Crippen LogP contribution < -0.4 is 10.5 Å². The lowest BCUT2D eigenvalue weighted by molar-refractivity contribution is -0.274. The van der Waals surface area contributed by atoms with Crippen LogP contribution in [0.25, 0.3) is 0 Å². The molecule has 2 rings (SSSR count). The number of benzene rings is 1. The van der Waals surface area contributed by atoms with Crippen LogP contribution in [0.5, 0.6) is 5.75 Å². The molecule has 20 heavy (non-hydrogen) atoms. The van der Waals surface area contributed by atoms with Gasteiger partial charge in [0.05, 0.1) is 12.2 Å². The van der Waals surface area contributed by atoms with Crippen molar-refractivity contribution in [2.45, 2.75) is 19.8 Å². The molecule has 0 radical (unpaired) electrons. The highest BCUT2D eigenvalue weighted by molar-refractivity contribution is 6.33. The maximum Gasteiger partial charge on any atom is 0.573 e. The average molecular weight is 306 g/mol. The first-order chi connectivity index (χ1) is 9.28. The second-order valence-corrected chi connectivity index (χ2v) is 4.48. The maximum atomic E-state index is 12.3. The normalized spacial score (nSPS) is 11.7. The average Bonchev–Trinajstić information content (AvgIpc) is 2.58. The summed E-state index contributed by atoms with van der Waals surface area (Å²) < 4.78 is 42.2. The van der Waals surface area contributed by atoms with Crippen molar-refractivity contribution in [1.29, 1.82) is 0 Å². The Morgan fingerprint density at radius 3 is 2.55 bits per heavy atom. The largest absolute Gasteiger partial charge is 0.573 e. The molecule has 4 nitrogen and oxygen atoms in total. The summed E-state index contributed by atoms with van der Waals surface area (Å²) in [7, 11) is 0. The fourth-order valence-electron chi connectivity index (χ4n) is 1.72. The maximum absolute atomic E-state index is 12.3. The predicted molar refractivity (Wildman–Crippen MR) is 68.6 cm³/mol. The van der Waals surface area contributed by atoms with E-state index in [-0.39, 0.29) is 18.1 Å². The van der Waals surface area contributed by atoms with E-state index in [2.05, 4.69) is 9.84 Å². The van der Waals surface area contributed by atoms with Crippen LogP contribution in [-0.4, -0.2) is 16.1 Å². The molecule has 0 saturated heterocycles. The Labute approximate surface area is 117 Å². The van der Waals surface area contributed by atoms with Gasteiger partial charge in [0.2, 0.25) is 0 Å². The molecule has 0 fully saturated rings. The van der Waals surface area contributed by atoms with Gasteiger partial charge in [-0.25, -0.2) is 4.68 Å². The Bertz CT molecular complexity index is 625. The summed E-state index contributed by atoms with van der Waals surface area (Å²) >= 11 is 5.89. The number of nitrogen functional groups attached to an aromatic ring is 1. The smallest absolute Gasteiger partial charge is 0.405 e. The molecule has 1 aromatic carbocycles. The zero-order valence-electron chi connectivity index (χ0n) is 10.4. The number of halogens is 4. The Balaban J connectivity index is 2.32. The number of nitrogens with zero attached hydrogens (tertiary/aromatic N) is 2. The molecule has 0 bridgehead atoms. The monoisotopic (exact) mass is 305 g/mol. The molecule has 0 unspecified atom stereocenters. The minimum Gasteiger partial charge on any atom is -0.405 e. The minimum absolute atomic E-state index is 0.0334. The highest BCUT2D eigenvalue weighted by Gasteiger charge is 2.32. The van der Waals surface area contributed by atoms with Crippen molar-refractivity contribution in [2.75, 3.05) is 5.73 Å². The van der Waals surface area contributed by atoms with Crippen LogP contribution in [0.4, 0.5) is 19.0 Å². The lowest BCUT2D eigenvalue weighted by Gasteiger charge is -2.13. The SMILES string of the molecule is Cc1nn(Cc2ccccc2OC(F)(F)F)c(N)c1Cl. The number of aryl methyl sites for hydroxylation is 1. The molecule has 0 aliphatic heterocycles. The van der Waals surface area contributed by atoms with E-state index in [1.165, 1.54) is 22.9 Å². The summed E-state index contributed by atoms with van der Waals surface area (Å²) in [6, 6.07) is 5.80. The first-order valence-electron chi connectivity index (χ1n) is 5.60. The molecule has 1 aromatic heterocycles. The number of para-hydroxylation sites is 1. The quantitative estimate of drug-likeness (QED) is 0.946. The highest BCUT2D eigenvalue weighted by atomic mass is 35.5. The summed E-state index contributed by atoms with van der Waals surface area (Å²) in [5, 5.41) is 4.36. The lowest BCUT2D eigenvalue weighted by atomic mass is 10.2. The van der Waals surface area contributed by atoms with Crippen molar-refractivity contribution in [2.24, 2.45) is 0 Å². The number of anilines is 1. The van der Waals surface area contributed by atoms with Gasteiger partial charge in [-0.05, 0) is 13.0 Å².